The standard InChI is InChI=1S/C21H38O6/c1-5-7-8-11-17(10-6-2)15-24-20(22)26-18-12-9-13-19(14-18)27-21(23)25-16(3)4/h16-19H,5-15H2,1-4H3. The van der Waals surface area contributed by atoms with Crippen LogP contribution in [0, 0.1) is 5.92 Å². The van der Waals surface area contributed by atoms with Crippen molar-refractivity contribution in [1.82, 2.24) is 0 Å². The summed E-state index contributed by atoms with van der Waals surface area (Å²) in [6.07, 6.45) is 7.66. The summed E-state index contributed by atoms with van der Waals surface area (Å²) in [6.45, 7) is 8.31. The predicted octanol–water partition coefficient (Wildman–Crippen LogP) is 6.01. The van der Waals surface area contributed by atoms with Gasteiger partial charge in [-0.1, -0.05) is 39.5 Å². The summed E-state index contributed by atoms with van der Waals surface area (Å²) in [5.74, 6) is 0.405. The first-order chi connectivity index (χ1) is 12.9. The van der Waals surface area contributed by atoms with Crippen molar-refractivity contribution in [2.75, 3.05) is 6.61 Å². The van der Waals surface area contributed by atoms with Gasteiger partial charge in [0.15, 0.2) is 0 Å². The molecule has 0 bridgehead atoms. The van der Waals surface area contributed by atoms with Gasteiger partial charge >= 0.3 is 12.3 Å². The summed E-state index contributed by atoms with van der Waals surface area (Å²) in [7, 11) is 0. The largest absolute Gasteiger partial charge is 0.508 e. The summed E-state index contributed by atoms with van der Waals surface area (Å²) >= 11 is 0. The molecule has 3 atom stereocenters. The van der Waals surface area contributed by atoms with Crippen molar-refractivity contribution >= 4 is 12.3 Å². The maximum atomic E-state index is 12.0. The van der Waals surface area contributed by atoms with Crippen molar-refractivity contribution in [3.63, 3.8) is 0 Å². The molecular weight excluding hydrogens is 348 g/mol. The van der Waals surface area contributed by atoms with Crippen LogP contribution in [0.1, 0.15) is 91.9 Å². The topological polar surface area (TPSA) is 71.1 Å². The number of hydrogen-bond donors (Lipinski definition) is 0. The Balaban J connectivity index is 2.32. The molecule has 0 amide bonds. The van der Waals surface area contributed by atoms with E-state index in [2.05, 4.69) is 13.8 Å². The van der Waals surface area contributed by atoms with Crippen molar-refractivity contribution in [1.29, 1.82) is 0 Å². The van der Waals surface area contributed by atoms with Gasteiger partial charge < -0.3 is 18.9 Å². The minimum absolute atomic E-state index is 0.212. The van der Waals surface area contributed by atoms with Crippen LogP contribution in [0.4, 0.5) is 9.59 Å². The second kappa shape index (κ2) is 13.7. The molecule has 1 aliphatic rings. The zero-order valence-electron chi connectivity index (χ0n) is 17.5. The van der Waals surface area contributed by atoms with Crippen molar-refractivity contribution in [2.45, 2.75) is 110 Å². The summed E-state index contributed by atoms with van der Waals surface area (Å²) < 4.78 is 21.1. The van der Waals surface area contributed by atoms with Gasteiger partial charge in [-0.3, -0.25) is 0 Å². The first-order valence-electron chi connectivity index (χ1n) is 10.6. The summed E-state index contributed by atoms with van der Waals surface area (Å²) in [4.78, 5) is 23.7. The fourth-order valence-corrected chi connectivity index (χ4v) is 3.43. The van der Waals surface area contributed by atoms with Gasteiger partial charge in [0, 0.05) is 6.42 Å². The molecule has 0 aromatic carbocycles. The molecule has 0 radical (unpaired) electrons. The van der Waals surface area contributed by atoms with Gasteiger partial charge in [-0.05, 0) is 51.9 Å². The lowest BCUT2D eigenvalue weighted by atomic mass is 9.95. The highest BCUT2D eigenvalue weighted by Gasteiger charge is 2.28. The molecule has 0 heterocycles. The van der Waals surface area contributed by atoms with Crippen LogP contribution in [0.2, 0.25) is 0 Å². The van der Waals surface area contributed by atoms with Crippen LogP contribution in [-0.4, -0.2) is 37.2 Å². The molecule has 3 unspecified atom stereocenters. The Bertz CT molecular complexity index is 423. The minimum Gasteiger partial charge on any atom is -0.434 e. The van der Waals surface area contributed by atoms with Gasteiger partial charge in [-0.2, -0.15) is 0 Å². The molecule has 6 nitrogen and oxygen atoms in total. The third-order valence-corrected chi connectivity index (χ3v) is 4.79. The van der Waals surface area contributed by atoms with E-state index in [4.69, 9.17) is 18.9 Å². The predicted molar refractivity (Wildman–Crippen MR) is 104 cm³/mol. The van der Waals surface area contributed by atoms with Crippen molar-refractivity contribution in [3.8, 4) is 0 Å². The Morgan fingerprint density at radius 3 is 2.19 bits per heavy atom. The zero-order chi connectivity index (χ0) is 20.1. The molecule has 27 heavy (non-hydrogen) atoms. The van der Waals surface area contributed by atoms with Crippen molar-refractivity contribution < 1.29 is 28.5 Å². The lowest BCUT2D eigenvalue weighted by Gasteiger charge is -2.28. The maximum Gasteiger partial charge on any atom is 0.508 e. The molecule has 0 saturated heterocycles. The molecule has 1 saturated carbocycles. The van der Waals surface area contributed by atoms with Gasteiger partial charge in [0.05, 0.1) is 12.7 Å². The second-order valence-electron chi connectivity index (χ2n) is 7.77. The Morgan fingerprint density at radius 1 is 0.926 bits per heavy atom. The molecule has 0 aromatic heterocycles. The molecular formula is C21H38O6. The number of carbonyl (C=O) groups excluding carboxylic acids is 2. The summed E-state index contributed by atoms with van der Waals surface area (Å²) in [5.41, 5.74) is 0. The van der Waals surface area contributed by atoms with Crippen molar-refractivity contribution in [3.05, 3.63) is 0 Å². The van der Waals surface area contributed by atoms with E-state index in [1.165, 1.54) is 19.3 Å². The zero-order valence-corrected chi connectivity index (χ0v) is 17.5. The highest BCUT2D eigenvalue weighted by Crippen LogP contribution is 2.25. The van der Waals surface area contributed by atoms with Crippen molar-refractivity contribution in [2.24, 2.45) is 5.92 Å². The molecule has 6 heteroatoms. The summed E-state index contributed by atoms with van der Waals surface area (Å²) in [6, 6.07) is 0. The lowest BCUT2D eigenvalue weighted by molar-refractivity contribution is -0.0421. The minimum atomic E-state index is -0.660. The van der Waals surface area contributed by atoms with E-state index in [1.807, 2.05) is 0 Å². The van der Waals surface area contributed by atoms with Crippen LogP contribution in [-0.2, 0) is 18.9 Å². The van der Waals surface area contributed by atoms with E-state index in [-0.39, 0.29) is 18.3 Å². The average Bonchev–Trinajstić information content (AvgIpc) is 2.59. The Kier molecular flexibility index (Phi) is 11.9. The highest BCUT2D eigenvalue weighted by atomic mass is 16.7. The molecule has 0 aliphatic heterocycles. The van der Waals surface area contributed by atoms with E-state index in [0.29, 0.717) is 18.9 Å². The SMILES string of the molecule is CCCCCC(CCC)COC(=O)OC1CCCC(OC(=O)OC(C)C)C1. The molecule has 1 rings (SSSR count). The Morgan fingerprint density at radius 2 is 1.59 bits per heavy atom. The van der Waals surface area contributed by atoms with Crippen LogP contribution in [0.25, 0.3) is 0 Å². The maximum absolute atomic E-state index is 12.0. The Hall–Kier alpha value is -1.46. The highest BCUT2D eigenvalue weighted by molar-refractivity contribution is 5.61. The number of carbonyl (C=O) groups is 2. The number of hydrogen-bond acceptors (Lipinski definition) is 6. The molecule has 0 spiro atoms. The number of ether oxygens (including phenoxy) is 4. The average molecular weight is 387 g/mol. The van der Waals surface area contributed by atoms with E-state index in [1.54, 1.807) is 13.8 Å². The second-order valence-corrected chi connectivity index (χ2v) is 7.77. The number of unbranched alkanes of at least 4 members (excludes halogenated alkanes) is 2. The monoisotopic (exact) mass is 386 g/mol. The van der Waals surface area contributed by atoms with E-state index < -0.39 is 12.3 Å². The fourth-order valence-electron chi connectivity index (χ4n) is 3.43. The number of rotatable bonds is 11. The third-order valence-electron chi connectivity index (χ3n) is 4.79. The fraction of sp³-hybridized carbons (Fsp3) is 0.905. The van der Waals surface area contributed by atoms with E-state index >= 15 is 0 Å². The van der Waals surface area contributed by atoms with Gasteiger partial charge in [0.25, 0.3) is 0 Å². The first kappa shape index (κ1) is 23.6. The normalized spacial score (nSPS) is 20.8. The van der Waals surface area contributed by atoms with Gasteiger partial charge in [0.2, 0.25) is 0 Å². The van der Waals surface area contributed by atoms with Crippen LogP contribution in [0.15, 0.2) is 0 Å². The lowest BCUT2D eigenvalue weighted by Crippen LogP contribution is -2.32. The van der Waals surface area contributed by atoms with Crippen LogP contribution >= 0.6 is 0 Å². The molecule has 158 valence electrons. The summed E-state index contributed by atoms with van der Waals surface area (Å²) in [5, 5.41) is 0. The van der Waals surface area contributed by atoms with Gasteiger partial charge in [-0.15, -0.1) is 0 Å². The van der Waals surface area contributed by atoms with Gasteiger partial charge in [0.1, 0.15) is 12.2 Å². The first-order valence-corrected chi connectivity index (χ1v) is 10.6. The third kappa shape index (κ3) is 11.1. The molecule has 0 N–H and O–H groups in total. The van der Waals surface area contributed by atoms with Crippen LogP contribution < -0.4 is 0 Å². The van der Waals surface area contributed by atoms with Gasteiger partial charge in [-0.25, -0.2) is 9.59 Å². The molecule has 1 fully saturated rings. The molecule has 1 aliphatic carbocycles. The van der Waals surface area contributed by atoms with Crippen LogP contribution in [0.3, 0.4) is 0 Å². The van der Waals surface area contributed by atoms with Crippen LogP contribution in [0.5, 0.6) is 0 Å². The van der Waals surface area contributed by atoms with E-state index in [9.17, 15) is 9.59 Å². The van der Waals surface area contributed by atoms with E-state index in [0.717, 1.165) is 38.5 Å². The quantitative estimate of drug-likeness (QED) is 0.320. The smallest absolute Gasteiger partial charge is 0.434 e. The molecule has 0 aromatic rings. The Labute approximate surface area is 164 Å².